The third-order valence-corrected chi connectivity index (χ3v) is 10.3. The fourth-order valence-electron chi connectivity index (χ4n) is 8.32. The minimum atomic E-state index is -1.15. The smallest absolute Gasteiger partial charge is 0.247 e. The molecule has 6 aliphatic rings. The number of aliphatic imine (C=N–C) groups is 1. The fraction of sp³-hybridized carbons (Fsp3) is 0.607. The molecule has 37 heavy (non-hydrogen) atoms. The zero-order valence-electron chi connectivity index (χ0n) is 21.4. The van der Waals surface area contributed by atoms with Crippen molar-refractivity contribution in [2.45, 2.75) is 68.6 Å². The Hall–Kier alpha value is -2.75. The number of hydrogen-bond donors (Lipinski definition) is 3. The van der Waals surface area contributed by atoms with Gasteiger partial charge >= 0.3 is 0 Å². The van der Waals surface area contributed by atoms with Crippen molar-refractivity contribution in [2.75, 3.05) is 36.1 Å². The van der Waals surface area contributed by atoms with Crippen molar-refractivity contribution >= 4 is 17.6 Å². The van der Waals surface area contributed by atoms with Gasteiger partial charge in [-0.1, -0.05) is 18.6 Å². The summed E-state index contributed by atoms with van der Waals surface area (Å²) >= 11 is 0. The third kappa shape index (κ3) is 3.51. The van der Waals surface area contributed by atoms with E-state index in [-0.39, 0.29) is 5.96 Å². The molecule has 4 aliphatic carbocycles. The second-order valence-corrected chi connectivity index (χ2v) is 12.2. The average molecular weight is 500 g/mol. The maximum absolute atomic E-state index is 6.72. The van der Waals surface area contributed by atoms with Crippen molar-refractivity contribution in [3.63, 3.8) is 0 Å². The zero-order valence-corrected chi connectivity index (χ0v) is 21.4. The number of anilines is 2. The first kappa shape index (κ1) is 22.3. The van der Waals surface area contributed by atoms with E-state index >= 15 is 0 Å². The van der Waals surface area contributed by atoms with Gasteiger partial charge in [0.15, 0.2) is 0 Å². The number of aromatic nitrogens is 2. The van der Waals surface area contributed by atoms with E-state index in [2.05, 4.69) is 49.5 Å². The van der Waals surface area contributed by atoms with E-state index in [9.17, 15) is 0 Å². The summed E-state index contributed by atoms with van der Waals surface area (Å²) < 4.78 is 0. The molecule has 0 amide bonds. The summed E-state index contributed by atoms with van der Waals surface area (Å²) in [5, 5.41) is 1.63. The summed E-state index contributed by atoms with van der Waals surface area (Å²) in [5.41, 5.74) is 20.9. The molecule has 5 N–H and O–H groups in total. The van der Waals surface area contributed by atoms with Crippen LogP contribution in [-0.4, -0.2) is 53.0 Å². The summed E-state index contributed by atoms with van der Waals surface area (Å²) in [7, 11) is 0. The molecule has 4 fully saturated rings. The predicted molar refractivity (Wildman–Crippen MR) is 144 cm³/mol. The highest BCUT2D eigenvalue weighted by atomic mass is 15.7. The van der Waals surface area contributed by atoms with Crippen molar-refractivity contribution in [3.8, 4) is 0 Å². The highest BCUT2D eigenvalue weighted by Crippen LogP contribution is 2.52. The summed E-state index contributed by atoms with van der Waals surface area (Å²) in [6.45, 7) is 4.48. The molecule has 1 saturated heterocycles. The Morgan fingerprint density at radius 3 is 2.49 bits per heavy atom. The van der Waals surface area contributed by atoms with E-state index < -0.39 is 5.79 Å². The largest absolute Gasteiger partial charge is 0.369 e. The molecule has 2 aromatic rings. The Morgan fingerprint density at radius 2 is 1.73 bits per heavy atom. The summed E-state index contributed by atoms with van der Waals surface area (Å²) in [6, 6.07) is 9.29. The second kappa shape index (κ2) is 8.12. The first-order chi connectivity index (χ1) is 18.0. The molecule has 1 aromatic heterocycles. The molecule has 4 bridgehead atoms. The van der Waals surface area contributed by atoms with E-state index in [0.717, 1.165) is 49.6 Å². The Bertz CT molecular complexity index is 1240. The van der Waals surface area contributed by atoms with Crippen molar-refractivity contribution in [2.24, 2.45) is 28.3 Å². The Morgan fingerprint density at radius 1 is 0.919 bits per heavy atom. The highest BCUT2D eigenvalue weighted by molar-refractivity contribution is 5.94. The first-order valence-corrected chi connectivity index (χ1v) is 14.2. The predicted octanol–water partition coefficient (Wildman–Crippen LogP) is 2.56. The average Bonchev–Trinajstić information content (AvgIpc) is 3.76. The van der Waals surface area contributed by atoms with Crippen LogP contribution in [0.4, 0.5) is 11.6 Å². The standard InChI is InChI=1S/C28H37N9/c29-26-33-28(30,34-37(26)27-31-16-23-18-3-4-20(15-18)25(23)32-27)21-5-7-22(8-6-21)35-9-11-36(12-10-35)24-14-17-1-2-19(24)13-17/h5-8,16-20,24,34H,1-4,9-15,30H2,(H2,29,33). The number of guanidine groups is 1. The molecule has 194 valence electrons. The maximum atomic E-state index is 6.72. The lowest BCUT2D eigenvalue weighted by Gasteiger charge is -2.42. The second-order valence-electron chi connectivity index (χ2n) is 12.2. The van der Waals surface area contributed by atoms with Crippen LogP contribution in [0.1, 0.15) is 73.6 Å². The molecule has 3 saturated carbocycles. The van der Waals surface area contributed by atoms with Crippen LogP contribution in [-0.2, 0) is 5.79 Å². The van der Waals surface area contributed by atoms with Crippen LogP contribution in [0.5, 0.6) is 0 Å². The number of nitrogens with zero attached hydrogens (tertiary/aromatic N) is 6. The SMILES string of the molecule is NC1=NC(N)(c2ccc(N3CCN(C4CC5CCC4C5)CC3)cc2)NN1c1ncc2c(n1)C1CCC2C1. The number of hydrogen-bond acceptors (Lipinski definition) is 9. The normalized spacial score (nSPS) is 36.5. The minimum Gasteiger partial charge on any atom is -0.369 e. The fourth-order valence-corrected chi connectivity index (χ4v) is 8.32. The molecule has 0 radical (unpaired) electrons. The Labute approximate surface area is 218 Å². The van der Waals surface area contributed by atoms with Gasteiger partial charge in [-0.05, 0) is 74.0 Å². The van der Waals surface area contributed by atoms with Gasteiger partial charge in [-0.15, -0.1) is 0 Å². The van der Waals surface area contributed by atoms with E-state index in [1.54, 1.807) is 5.01 Å². The van der Waals surface area contributed by atoms with Crippen LogP contribution in [0.3, 0.4) is 0 Å². The van der Waals surface area contributed by atoms with Gasteiger partial charge in [0.05, 0.1) is 5.69 Å². The van der Waals surface area contributed by atoms with Crippen molar-refractivity contribution in [3.05, 3.63) is 47.3 Å². The topological polar surface area (TPSA) is 112 Å². The van der Waals surface area contributed by atoms with Gasteiger partial charge in [0.25, 0.3) is 0 Å². The molecule has 1 aromatic carbocycles. The van der Waals surface area contributed by atoms with Crippen molar-refractivity contribution < 1.29 is 0 Å². The summed E-state index contributed by atoms with van der Waals surface area (Å²) in [4.78, 5) is 19.3. The number of rotatable bonds is 4. The minimum absolute atomic E-state index is 0.284. The molecule has 9 heteroatoms. The van der Waals surface area contributed by atoms with Crippen molar-refractivity contribution in [1.82, 2.24) is 20.3 Å². The van der Waals surface area contributed by atoms with Gasteiger partial charge < -0.3 is 10.6 Å². The van der Waals surface area contributed by atoms with E-state index in [1.807, 2.05) is 6.20 Å². The molecule has 0 spiro atoms. The van der Waals surface area contributed by atoms with E-state index in [4.69, 9.17) is 16.5 Å². The number of nitrogens with two attached hydrogens (primary N) is 2. The molecule has 8 rings (SSSR count). The highest BCUT2D eigenvalue weighted by Gasteiger charge is 2.43. The number of nitrogens with one attached hydrogen (secondary N) is 1. The molecule has 2 aliphatic heterocycles. The lowest BCUT2D eigenvalue weighted by molar-refractivity contribution is 0.135. The quantitative estimate of drug-likeness (QED) is 0.589. The van der Waals surface area contributed by atoms with Gasteiger partial charge in [-0.3, -0.25) is 10.6 Å². The summed E-state index contributed by atoms with van der Waals surface area (Å²) in [6.07, 6.45) is 11.5. The van der Waals surface area contributed by atoms with Crippen LogP contribution in [0.2, 0.25) is 0 Å². The van der Waals surface area contributed by atoms with Gasteiger partial charge in [0, 0.05) is 55.6 Å². The van der Waals surface area contributed by atoms with Crippen LogP contribution >= 0.6 is 0 Å². The van der Waals surface area contributed by atoms with Crippen LogP contribution in [0.25, 0.3) is 0 Å². The maximum Gasteiger partial charge on any atom is 0.247 e. The number of fused-ring (bicyclic) bond motifs is 7. The van der Waals surface area contributed by atoms with Crippen LogP contribution in [0, 0.1) is 11.8 Å². The van der Waals surface area contributed by atoms with Gasteiger partial charge in [0.2, 0.25) is 17.7 Å². The van der Waals surface area contributed by atoms with Crippen molar-refractivity contribution in [1.29, 1.82) is 0 Å². The number of piperazine rings is 1. The van der Waals surface area contributed by atoms with Gasteiger partial charge in [0.1, 0.15) is 0 Å². The summed E-state index contributed by atoms with van der Waals surface area (Å²) in [5.74, 6) is 2.79. The lowest BCUT2D eigenvalue weighted by Crippen LogP contribution is -2.53. The van der Waals surface area contributed by atoms with Crippen LogP contribution in [0.15, 0.2) is 35.5 Å². The molecule has 6 unspecified atom stereocenters. The number of benzene rings is 1. The molecule has 3 heterocycles. The zero-order chi connectivity index (χ0) is 24.7. The molecule has 9 nitrogen and oxygen atoms in total. The molecular formula is C28H37N9. The third-order valence-electron chi connectivity index (χ3n) is 10.3. The number of hydrazine groups is 1. The molecule has 6 atom stereocenters. The Balaban J connectivity index is 0.946. The lowest BCUT2D eigenvalue weighted by atomic mass is 9.93. The van der Waals surface area contributed by atoms with E-state index in [0.29, 0.717) is 17.8 Å². The van der Waals surface area contributed by atoms with Crippen LogP contribution < -0.4 is 26.8 Å². The van der Waals surface area contributed by atoms with E-state index in [1.165, 1.54) is 61.9 Å². The Kier molecular flexibility index (Phi) is 4.89. The van der Waals surface area contributed by atoms with Gasteiger partial charge in [-0.25, -0.2) is 20.0 Å². The first-order valence-electron chi connectivity index (χ1n) is 14.2. The molecular weight excluding hydrogens is 462 g/mol. The van der Waals surface area contributed by atoms with Gasteiger partial charge in [-0.2, -0.15) is 5.43 Å². The monoisotopic (exact) mass is 499 g/mol.